The van der Waals surface area contributed by atoms with Gasteiger partial charge in [-0.25, -0.2) is 0 Å². The zero-order valence-corrected chi connectivity index (χ0v) is 12.7. The fourth-order valence-corrected chi connectivity index (χ4v) is 2.23. The van der Waals surface area contributed by atoms with Gasteiger partial charge in [-0.2, -0.15) is 0 Å². The van der Waals surface area contributed by atoms with Gasteiger partial charge in [-0.1, -0.05) is 12.2 Å². The summed E-state index contributed by atoms with van der Waals surface area (Å²) in [7, 11) is -0.854. The molecule has 0 amide bonds. The molecule has 0 bridgehead atoms. The minimum atomic E-state index is -0.854. The maximum atomic E-state index is 11.3. The number of hydrogen-bond acceptors (Lipinski definition) is 4. The van der Waals surface area contributed by atoms with Crippen molar-refractivity contribution < 1.29 is 4.21 Å². The Morgan fingerprint density at radius 2 is 2.22 bits per heavy atom. The quantitative estimate of drug-likeness (QED) is 0.803. The van der Waals surface area contributed by atoms with Gasteiger partial charge >= 0.3 is 0 Å². The highest BCUT2D eigenvalue weighted by Gasteiger charge is 2.12. The van der Waals surface area contributed by atoms with E-state index in [2.05, 4.69) is 10.3 Å². The van der Waals surface area contributed by atoms with E-state index in [-0.39, 0.29) is 5.25 Å². The largest absolute Gasteiger partial charge is 0.389 e. The number of rotatable bonds is 5. The Kier molecular flexibility index (Phi) is 5.22. The maximum absolute atomic E-state index is 11.3. The van der Waals surface area contributed by atoms with E-state index in [1.165, 1.54) is 0 Å². The molecule has 0 aliphatic rings. The van der Waals surface area contributed by atoms with Crippen LogP contribution in [-0.4, -0.2) is 32.2 Å². The monoisotopic (exact) mass is 285 g/mol. The molecule has 2 unspecified atom stereocenters. The lowest BCUT2D eigenvalue weighted by Crippen LogP contribution is -2.23. The molecule has 100 valence electrons. The smallest absolute Gasteiger partial charge is 0.107 e. The van der Waals surface area contributed by atoms with Crippen molar-refractivity contribution in [3.05, 3.63) is 23.0 Å². The second-order valence-corrected chi connectivity index (χ2v) is 6.57. The molecule has 1 rings (SSSR count). The summed E-state index contributed by atoms with van der Waals surface area (Å²) in [5.41, 5.74) is 9.07. The Morgan fingerprint density at radius 1 is 1.61 bits per heavy atom. The Bertz CT molecular complexity index is 488. The van der Waals surface area contributed by atoms with Crippen molar-refractivity contribution in [3.8, 4) is 0 Å². The van der Waals surface area contributed by atoms with Gasteiger partial charge in [-0.05, 0) is 26.8 Å². The molecule has 1 aromatic rings. The molecule has 0 aliphatic carbocycles. The number of thiocarbonyl (C=S) groups is 1. The van der Waals surface area contributed by atoms with E-state index >= 15 is 0 Å². The van der Waals surface area contributed by atoms with Gasteiger partial charge in [0.05, 0.1) is 5.56 Å². The average molecular weight is 285 g/mol. The Balaban J connectivity index is 3.00. The number of nitrogens with one attached hydrogen (secondary N) is 1. The SMILES string of the molecule is Cc1cc(NCC(C)S(C)=O)c(C(N)=S)c(C)n1. The molecule has 18 heavy (non-hydrogen) atoms. The second-order valence-electron chi connectivity index (χ2n) is 4.33. The minimum absolute atomic E-state index is 0.0676. The molecule has 1 heterocycles. The molecular formula is C12H19N3OS2. The summed E-state index contributed by atoms with van der Waals surface area (Å²) in [4.78, 5) is 4.68. The van der Waals surface area contributed by atoms with Gasteiger partial charge in [-0.3, -0.25) is 9.19 Å². The average Bonchev–Trinajstić information content (AvgIpc) is 2.23. The molecule has 2 atom stereocenters. The molecule has 0 aromatic carbocycles. The number of hydrogen-bond donors (Lipinski definition) is 2. The van der Waals surface area contributed by atoms with Crippen molar-refractivity contribution in [1.82, 2.24) is 4.98 Å². The highest BCUT2D eigenvalue weighted by atomic mass is 32.2. The molecular weight excluding hydrogens is 266 g/mol. The van der Waals surface area contributed by atoms with E-state index in [4.69, 9.17) is 18.0 Å². The summed E-state index contributed by atoms with van der Waals surface area (Å²) in [5.74, 6) is 0. The van der Waals surface area contributed by atoms with Crippen LogP contribution in [0.15, 0.2) is 6.07 Å². The lowest BCUT2D eigenvalue weighted by Gasteiger charge is -2.16. The maximum Gasteiger partial charge on any atom is 0.107 e. The van der Waals surface area contributed by atoms with Gasteiger partial charge in [0.2, 0.25) is 0 Å². The van der Waals surface area contributed by atoms with Crippen LogP contribution in [0.4, 0.5) is 5.69 Å². The third-order valence-electron chi connectivity index (χ3n) is 2.72. The molecule has 0 radical (unpaired) electrons. The third kappa shape index (κ3) is 3.74. The van der Waals surface area contributed by atoms with Crippen LogP contribution in [0.1, 0.15) is 23.9 Å². The summed E-state index contributed by atoms with van der Waals surface area (Å²) < 4.78 is 11.3. The minimum Gasteiger partial charge on any atom is -0.389 e. The van der Waals surface area contributed by atoms with Crippen LogP contribution >= 0.6 is 12.2 Å². The number of pyridine rings is 1. The van der Waals surface area contributed by atoms with E-state index in [1.54, 1.807) is 6.26 Å². The van der Waals surface area contributed by atoms with Gasteiger partial charge in [0, 0.05) is 45.9 Å². The van der Waals surface area contributed by atoms with Gasteiger partial charge in [0.25, 0.3) is 0 Å². The van der Waals surface area contributed by atoms with E-state index < -0.39 is 10.8 Å². The molecule has 0 fully saturated rings. The Hall–Kier alpha value is -1.01. The van der Waals surface area contributed by atoms with Crippen LogP contribution in [0.3, 0.4) is 0 Å². The summed E-state index contributed by atoms with van der Waals surface area (Å²) >= 11 is 5.05. The highest BCUT2D eigenvalue weighted by molar-refractivity contribution is 7.84. The molecule has 4 nitrogen and oxygen atoms in total. The van der Waals surface area contributed by atoms with Gasteiger partial charge in [-0.15, -0.1) is 0 Å². The standard InChI is InChI=1S/C12H19N3OS2/c1-7-5-10(14-6-8(2)18(4)16)11(12(13)17)9(3)15-7/h5,8H,6H2,1-4H3,(H2,13,17)(H,14,15). The molecule has 3 N–H and O–H groups in total. The topological polar surface area (TPSA) is 68.0 Å². The molecule has 0 saturated heterocycles. The third-order valence-corrected chi connectivity index (χ3v) is 4.23. The fraction of sp³-hybridized carbons (Fsp3) is 0.500. The van der Waals surface area contributed by atoms with Crippen molar-refractivity contribution in [2.75, 3.05) is 18.1 Å². The van der Waals surface area contributed by atoms with E-state index in [9.17, 15) is 4.21 Å². The van der Waals surface area contributed by atoms with E-state index in [1.807, 2.05) is 26.8 Å². The van der Waals surface area contributed by atoms with E-state index in [0.717, 1.165) is 22.6 Å². The summed E-state index contributed by atoms with van der Waals surface area (Å²) in [5, 5.41) is 3.32. The fourth-order valence-electron chi connectivity index (χ4n) is 1.65. The van der Waals surface area contributed by atoms with Gasteiger partial charge < -0.3 is 11.1 Å². The summed E-state index contributed by atoms with van der Waals surface area (Å²) in [6, 6.07) is 1.91. The normalized spacial score (nSPS) is 14.0. The summed E-state index contributed by atoms with van der Waals surface area (Å²) in [6.07, 6.45) is 1.70. The number of nitrogens with zero attached hydrogens (tertiary/aromatic N) is 1. The first-order valence-corrected chi connectivity index (χ1v) is 7.70. The van der Waals surface area contributed by atoms with E-state index in [0.29, 0.717) is 11.5 Å². The van der Waals surface area contributed by atoms with Gasteiger partial charge in [0.15, 0.2) is 0 Å². The van der Waals surface area contributed by atoms with Crippen molar-refractivity contribution in [2.45, 2.75) is 26.0 Å². The summed E-state index contributed by atoms with van der Waals surface area (Å²) in [6.45, 7) is 6.35. The first kappa shape index (κ1) is 15.0. The van der Waals surface area contributed by atoms with Crippen molar-refractivity contribution >= 4 is 33.7 Å². The zero-order valence-electron chi connectivity index (χ0n) is 11.1. The molecule has 6 heteroatoms. The molecule has 0 saturated carbocycles. The number of anilines is 1. The van der Waals surface area contributed by atoms with Crippen molar-refractivity contribution in [2.24, 2.45) is 5.73 Å². The predicted molar refractivity (Wildman–Crippen MR) is 81.6 cm³/mol. The number of aryl methyl sites for hydroxylation is 2. The zero-order chi connectivity index (χ0) is 13.9. The van der Waals surface area contributed by atoms with Crippen LogP contribution in [0, 0.1) is 13.8 Å². The lowest BCUT2D eigenvalue weighted by atomic mass is 10.1. The first-order valence-electron chi connectivity index (χ1n) is 5.67. The van der Waals surface area contributed by atoms with Crippen LogP contribution < -0.4 is 11.1 Å². The predicted octanol–water partition coefficient (Wildman–Crippen LogP) is 1.51. The van der Waals surface area contributed by atoms with Crippen LogP contribution in [0.25, 0.3) is 0 Å². The number of aromatic nitrogens is 1. The van der Waals surface area contributed by atoms with Crippen LogP contribution in [0.2, 0.25) is 0 Å². The molecule has 1 aromatic heterocycles. The highest BCUT2D eigenvalue weighted by Crippen LogP contribution is 2.19. The number of nitrogens with two attached hydrogens (primary N) is 1. The Morgan fingerprint density at radius 3 is 2.72 bits per heavy atom. The lowest BCUT2D eigenvalue weighted by molar-refractivity contribution is 0.679. The van der Waals surface area contributed by atoms with Gasteiger partial charge in [0.1, 0.15) is 4.99 Å². The first-order chi connectivity index (χ1) is 8.32. The van der Waals surface area contributed by atoms with Crippen molar-refractivity contribution in [1.29, 1.82) is 0 Å². The van der Waals surface area contributed by atoms with Crippen LogP contribution in [-0.2, 0) is 10.8 Å². The molecule has 0 aliphatic heterocycles. The van der Waals surface area contributed by atoms with Crippen LogP contribution in [0.5, 0.6) is 0 Å². The Labute approximate surface area is 116 Å². The van der Waals surface area contributed by atoms with Crippen molar-refractivity contribution in [3.63, 3.8) is 0 Å². The second kappa shape index (κ2) is 6.24. The molecule has 0 spiro atoms.